The molecule has 0 bridgehead atoms. The molecule has 0 spiro atoms. The number of carbonyl (C=O) groups excluding carboxylic acids is 1. The van der Waals surface area contributed by atoms with Gasteiger partial charge < -0.3 is 15.3 Å². The summed E-state index contributed by atoms with van der Waals surface area (Å²) in [5.41, 5.74) is 2.21. The van der Waals surface area contributed by atoms with Crippen molar-refractivity contribution in [3.05, 3.63) is 35.4 Å². The van der Waals surface area contributed by atoms with Crippen molar-refractivity contribution < 1.29 is 14.7 Å². The monoisotopic (exact) mass is 292 g/mol. The molecule has 116 valence electrons. The Morgan fingerprint density at radius 3 is 2.43 bits per heavy atom. The molecule has 5 nitrogen and oxygen atoms in total. The summed E-state index contributed by atoms with van der Waals surface area (Å²) in [5.74, 6) is -1.47. The summed E-state index contributed by atoms with van der Waals surface area (Å²) in [6.45, 7) is 6.31. The van der Waals surface area contributed by atoms with Crippen molar-refractivity contribution in [2.75, 3.05) is 13.6 Å². The minimum Gasteiger partial charge on any atom is -0.481 e. The first-order valence-corrected chi connectivity index (χ1v) is 7.09. The highest BCUT2D eigenvalue weighted by Crippen LogP contribution is 2.11. The number of carboxylic acid groups (broad SMARTS) is 1. The Balaban J connectivity index is 2.55. The van der Waals surface area contributed by atoms with Gasteiger partial charge in [-0.25, -0.2) is 4.79 Å². The van der Waals surface area contributed by atoms with E-state index < -0.39 is 11.9 Å². The van der Waals surface area contributed by atoms with Gasteiger partial charge >= 0.3 is 12.0 Å². The van der Waals surface area contributed by atoms with E-state index in [-0.39, 0.29) is 18.5 Å². The third-order valence-electron chi connectivity index (χ3n) is 3.61. The number of carbonyl (C=O) groups is 2. The number of aliphatic carboxylic acids is 1. The smallest absolute Gasteiger partial charge is 0.317 e. The van der Waals surface area contributed by atoms with Crippen LogP contribution in [0, 0.1) is 18.8 Å². The van der Waals surface area contributed by atoms with Crippen LogP contribution >= 0.6 is 0 Å². The van der Waals surface area contributed by atoms with Gasteiger partial charge in [-0.3, -0.25) is 4.79 Å². The molecule has 0 radical (unpaired) electrons. The Morgan fingerprint density at radius 1 is 1.29 bits per heavy atom. The van der Waals surface area contributed by atoms with E-state index in [2.05, 4.69) is 5.32 Å². The van der Waals surface area contributed by atoms with Gasteiger partial charge in [0.2, 0.25) is 0 Å². The van der Waals surface area contributed by atoms with Crippen molar-refractivity contribution in [2.45, 2.75) is 27.3 Å². The zero-order valence-electron chi connectivity index (χ0n) is 13.1. The number of carboxylic acids is 1. The predicted octanol–water partition coefficient (Wildman–Crippen LogP) is 2.49. The highest BCUT2D eigenvalue weighted by Gasteiger charge is 2.22. The maximum absolute atomic E-state index is 12.0. The third-order valence-corrected chi connectivity index (χ3v) is 3.61. The molecule has 0 saturated heterocycles. The van der Waals surface area contributed by atoms with Gasteiger partial charge in [0, 0.05) is 20.1 Å². The molecule has 2 amide bonds. The summed E-state index contributed by atoms with van der Waals surface area (Å²) < 4.78 is 0. The molecule has 2 N–H and O–H groups in total. The zero-order chi connectivity index (χ0) is 16.0. The van der Waals surface area contributed by atoms with E-state index in [0.29, 0.717) is 6.54 Å². The lowest BCUT2D eigenvalue weighted by Crippen LogP contribution is -2.42. The van der Waals surface area contributed by atoms with E-state index in [1.165, 1.54) is 0 Å². The third kappa shape index (κ3) is 5.10. The summed E-state index contributed by atoms with van der Waals surface area (Å²) in [4.78, 5) is 24.7. The second kappa shape index (κ2) is 7.67. The first-order chi connectivity index (χ1) is 9.82. The van der Waals surface area contributed by atoms with Crippen molar-refractivity contribution in [3.63, 3.8) is 0 Å². The number of nitrogens with one attached hydrogen (secondary N) is 1. The zero-order valence-corrected chi connectivity index (χ0v) is 13.1. The molecular weight excluding hydrogens is 268 g/mol. The van der Waals surface area contributed by atoms with E-state index in [1.807, 2.05) is 45.0 Å². The number of hydrogen-bond acceptors (Lipinski definition) is 2. The van der Waals surface area contributed by atoms with Crippen molar-refractivity contribution in [1.29, 1.82) is 0 Å². The summed E-state index contributed by atoms with van der Waals surface area (Å²) in [6, 6.07) is 7.62. The first kappa shape index (κ1) is 17.0. The van der Waals surface area contributed by atoms with Crippen molar-refractivity contribution in [1.82, 2.24) is 10.2 Å². The summed E-state index contributed by atoms with van der Waals surface area (Å²) in [6.07, 6.45) is 0. The highest BCUT2D eigenvalue weighted by molar-refractivity contribution is 5.76. The molecule has 0 aliphatic heterocycles. The fourth-order valence-electron chi connectivity index (χ4n) is 2.06. The van der Waals surface area contributed by atoms with Gasteiger partial charge in [0.15, 0.2) is 0 Å². The number of benzene rings is 1. The van der Waals surface area contributed by atoms with Gasteiger partial charge in [0.25, 0.3) is 0 Å². The van der Waals surface area contributed by atoms with Crippen LogP contribution in [-0.2, 0) is 11.3 Å². The Morgan fingerprint density at radius 2 is 1.90 bits per heavy atom. The van der Waals surface area contributed by atoms with Gasteiger partial charge in [-0.1, -0.05) is 38.1 Å². The molecule has 1 aromatic carbocycles. The lowest BCUT2D eigenvalue weighted by atomic mass is 9.96. The minimum absolute atomic E-state index is 0.0236. The highest BCUT2D eigenvalue weighted by atomic mass is 16.4. The number of nitrogens with zero attached hydrogens (tertiary/aromatic N) is 1. The maximum atomic E-state index is 12.0. The summed E-state index contributed by atoms with van der Waals surface area (Å²) >= 11 is 0. The summed E-state index contributed by atoms with van der Waals surface area (Å²) in [5, 5.41) is 11.8. The van der Waals surface area contributed by atoms with Crippen LogP contribution in [0.5, 0.6) is 0 Å². The van der Waals surface area contributed by atoms with Crippen LogP contribution in [0.15, 0.2) is 24.3 Å². The van der Waals surface area contributed by atoms with E-state index in [9.17, 15) is 9.59 Å². The molecule has 0 heterocycles. The molecule has 0 aromatic heterocycles. The Hall–Kier alpha value is -2.04. The first-order valence-electron chi connectivity index (χ1n) is 7.09. The van der Waals surface area contributed by atoms with E-state index in [1.54, 1.807) is 11.9 Å². The average molecular weight is 292 g/mol. The van der Waals surface area contributed by atoms with Crippen LogP contribution in [0.25, 0.3) is 0 Å². The molecular formula is C16H24N2O3. The number of urea groups is 1. The number of rotatable bonds is 6. The van der Waals surface area contributed by atoms with Crippen LogP contribution < -0.4 is 5.32 Å². The fourth-order valence-corrected chi connectivity index (χ4v) is 2.06. The summed E-state index contributed by atoms with van der Waals surface area (Å²) in [7, 11) is 1.70. The van der Waals surface area contributed by atoms with Gasteiger partial charge in [-0.2, -0.15) is 0 Å². The predicted molar refractivity (Wildman–Crippen MR) is 82.0 cm³/mol. The Kier molecular flexibility index (Phi) is 6.21. The molecule has 21 heavy (non-hydrogen) atoms. The number of hydrogen-bond donors (Lipinski definition) is 2. The van der Waals surface area contributed by atoms with E-state index in [4.69, 9.17) is 5.11 Å². The molecule has 0 saturated carbocycles. The standard InChI is InChI=1S/C16H24N2O3/c1-11(2)14(15(19)20)9-17-16(21)18(4)10-13-8-6-5-7-12(13)3/h5-8,11,14H,9-10H2,1-4H3,(H,17,21)(H,19,20). The van der Waals surface area contributed by atoms with Gasteiger partial charge in [0.05, 0.1) is 5.92 Å². The molecule has 0 fully saturated rings. The van der Waals surface area contributed by atoms with E-state index in [0.717, 1.165) is 11.1 Å². The van der Waals surface area contributed by atoms with Gasteiger partial charge in [0.1, 0.15) is 0 Å². The van der Waals surface area contributed by atoms with Crippen LogP contribution in [0.4, 0.5) is 4.79 Å². The van der Waals surface area contributed by atoms with Crippen molar-refractivity contribution >= 4 is 12.0 Å². The lowest BCUT2D eigenvalue weighted by molar-refractivity contribution is -0.142. The molecule has 0 aliphatic carbocycles. The van der Waals surface area contributed by atoms with Crippen LogP contribution in [0.2, 0.25) is 0 Å². The van der Waals surface area contributed by atoms with Gasteiger partial charge in [-0.15, -0.1) is 0 Å². The molecule has 1 aromatic rings. The van der Waals surface area contributed by atoms with Gasteiger partial charge in [-0.05, 0) is 24.0 Å². The Bertz CT molecular complexity index is 500. The van der Waals surface area contributed by atoms with Crippen molar-refractivity contribution in [2.24, 2.45) is 11.8 Å². The van der Waals surface area contributed by atoms with Crippen molar-refractivity contribution in [3.8, 4) is 0 Å². The lowest BCUT2D eigenvalue weighted by Gasteiger charge is -2.22. The second-order valence-electron chi connectivity index (χ2n) is 5.66. The average Bonchev–Trinajstić information content (AvgIpc) is 2.40. The molecule has 1 atom stereocenters. The maximum Gasteiger partial charge on any atom is 0.317 e. The minimum atomic E-state index is -0.883. The quantitative estimate of drug-likeness (QED) is 0.846. The van der Waals surface area contributed by atoms with Crippen LogP contribution in [0.1, 0.15) is 25.0 Å². The molecule has 5 heteroatoms. The Labute approximate surface area is 126 Å². The number of amides is 2. The van der Waals surface area contributed by atoms with Crippen LogP contribution in [-0.4, -0.2) is 35.6 Å². The van der Waals surface area contributed by atoms with Crippen LogP contribution in [0.3, 0.4) is 0 Å². The molecule has 1 unspecified atom stereocenters. The molecule has 0 aliphatic rings. The fraction of sp³-hybridized carbons (Fsp3) is 0.500. The van der Waals surface area contributed by atoms with E-state index >= 15 is 0 Å². The largest absolute Gasteiger partial charge is 0.481 e. The molecule has 1 rings (SSSR count). The normalized spacial score (nSPS) is 12.0. The SMILES string of the molecule is Cc1ccccc1CN(C)C(=O)NCC(C(=O)O)C(C)C. The number of aryl methyl sites for hydroxylation is 1. The second-order valence-corrected chi connectivity index (χ2v) is 5.66. The topological polar surface area (TPSA) is 69.6 Å².